The summed E-state index contributed by atoms with van der Waals surface area (Å²) in [5.41, 5.74) is -0.0656. The van der Waals surface area contributed by atoms with E-state index in [1.807, 2.05) is 20.8 Å². The lowest BCUT2D eigenvalue weighted by atomic mass is 9.88. The van der Waals surface area contributed by atoms with Crippen LogP contribution in [-0.2, 0) is 0 Å². The Bertz CT molecular complexity index is 143. The highest BCUT2D eigenvalue weighted by atomic mass is 16.3. The second-order valence-electron chi connectivity index (χ2n) is 3.61. The zero-order chi connectivity index (χ0) is 8.91. The van der Waals surface area contributed by atoms with Gasteiger partial charge in [0.2, 0.25) is 0 Å². The van der Waals surface area contributed by atoms with Crippen molar-refractivity contribution in [1.82, 2.24) is 5.32 Å². The lowest BCUT2D eigenvalue weighted by Crippen LogP contribution is -2.40. The van der Waals surface area contributed by atoms with Gasteiger partial charge in [-0.2, -0.15) is 5.26 Å². The molecule has 0 rings (SSSR count). The number of hydrogen-bond acceptors (Lipinski definition) is 3. The third kappa shape index (κ3) is 3.97. The number of aliphatic hydroxyl groups excluding tert-OH is 1. The summed E-state index contributed by atoms with van der Waals surface area (Å²) in [6.45, 7) is 6.53. The highest BCUT2D eigenvalue weighted by Crippen LogP contribution is 2.17. The molecule has 0 aromatic heterocycles. The largest absolute Gasteiger partial charge is 0.395 e. The number of nitrogens with one attached hydrogen (secondary N) is 1. The zero-order valence-corrected chi connectivity index (χ0v) is 7.39. The minimum Gasteiger partial charge on any atom is -0.395 e. The van der Waals surface area contributed by atoms with E-state index in [4.69, 9.17) is 10.4 Å². The molecule has 0 aromatic carbocycles. The fourth-order valence-corrected chi connectivity index (χ4v) is 0.754. The summed E-state index contributed by atoms with van der Waals surface area (Å²) in [4.78, 5) is 0. The number of aliphatic hydroxyl groups is 1. The van der Waals surface area contributed by atoms with Gasteiger partial charge in [0.05, 0.1) is 12.7 Å². The molecular formula is C8H16N2O. The van der Waals surface area contributed by atoms with Crippen molar-refractivity contribution in [2.75, 3.05) is 13.2 Å². The highest BCUT2D eigenvalue weighted by Gasteiger charge is 2.22. The lowest BCUT2D eigenvalue weighted by Gasteiger charge is -2.25. The molecule has 0 saturated carbocycles. The quantitative estimate of drug-likeness (QED) is 0.626. The summed E-state index contributed by atoms with van der Waals surface area (Å²) in [7, 11) is 0. The first-order chi connectivity index (χ1) is 5.02. The van der Waals surface area contributed by atoms with Crippen molar-refractivity contribution in [2.45, 2.75) is 26.8 Å². The fourth-order valence-electron chi connectivity index (χ4n) is 0.754. The van der Waals surface area contributed by atoms with Crippen molar-refractivity contribution in [3.8, 4) is 6.07 Å². The monoisotopic (exact) mass is 156 g/mol. The number of nitrogens with zero attached hydrogens (tertiary/aromatic N) is 1. The molecule has 64 valence electrons. The maximum Gasteiger partial charge on any atom is 0.100 e. The summed E-state index contributed by atoms with van der Waals surface area (Å²) in [6, 6.07) is 1.97. The number of hydrogen-bond donors (Lipinski definition) is 2. The van der Waals surface area contributed by atoms with Gasteiger partial charge in [-0.3, -0.25) is 5.32 Å². The Kier molecular flexibility index (Phi) is 4.09. The Morgan fingerprint density at radius 3 is 2.36 bits per heavy atom. The molecule has 1 atom stereocenters. The average Bonchev–Trinajstić information content (AvgIpc) is 1.87. The fraction of sp³-hybridized carbons (Fsp3) is 0.875. The normalized spacial score (nSPS) is 14.1. The van der Waals surface area contributed by atoms with E-state index in [2.05, 4.69) is 11.4 Å². The van der Waals surface area contributed by atoms with Crippen LogP contribution in [0, 0.1) is 16.7 Å². The summed E-state index contributed by atoms with van der Waals surface area (Å²) in [5, 5.41) is 20.1. The van der Waals surface area contributed by atoms with Gasteiger partial charge in [-0.1, -0.05) is 20.8 Å². The van der Waals surface area contributed by atoms with E-state index in [0.717, 1.165) is 0 Å². The highest BCUT2D eigenvalue weighted by molar-refractivity contribution is 4.97. The Balaban J connectivity index is 3.89. The molecule has 2 N–H and O–H groups in total. The second-order valence-corrected chi connectivity index (χ2v) is 3.61. The topological polar surface area (TPSA) is 56.0 Å². The van der Waals surface area contributed by atoms with E-state index in [0.29, 0.717) is 6.54 Å². The van der Waals surface area contributed by atoms with Gasteiger partial charge in [0.25, 0.3) is 0 Å². The smallest absolute Gasteiger partial charge is 0.100 e. The molecule has 11 heavy (non-hydrogen) atoms. The molecule has 1 unspecified atom stereocenters. The molecule has 0 aliphatic rings. The van der Waals surface area contributed by atoms with E-state index in [9.17, 15) is 0 Å². The first kappa shape index (κ1) is 10.4. The van der Waals surface area contributed by atoms with Crippen molar-refractivity contribution in [3.63, 3.8) is 0 Å². The molecular weight excluding hydrogens is 140 g/mol. The zero-order valence-electron chi connectivity index (χ0n) is 7.39. The van der Waals surface area contributed by atoms with Crippen molar-refractivity contribution in [2.24, 2.45) is 5.41 Å². The third-order valence-corrected chi connectivity index (χ3v) is 1.46. The van der Waals surface area contributed by atoms with E-state index >= 15 is 0 Å². The van der Waals surface area contributed by atoms with Crippen molar-refractivity contribution >= 4 is 0 Å². The standard InChI is InChI=1S/C8H16N2O/c1-8(2,3)7(6-9)10-4-5-11/h7,10-11H,4-5H2,1-3H3. The predicted molar refractivity (Wildman–Crippen MR) is 43.9 cm³/mol. The maximum atomic E-state index is 8.69. The molecule has 0 aliphatic carbocycles. The summed E-state index contributed by atoms with van der Waals surface area (Å²) in [5.74, 6) is 0. The molecule has 3 heteroatoms. The average molecular weight is 156 g/mol. The van der Waals surface area contributed by atoms with E-state index < -0.39 is 0 Å². The minimum absolute atomic E-state index is 0.0656. The van der Waals surface area contributed by atoms with Gasteiger partial charge in [0, 0.05) is 6.54 Å². The van der Waals surface area contributed by atoms with Crippen molar-refractivity contribution in [3.05, 3.63) is 0 Å². The lowest BCUT2D eigenvalue weighted by molar-refractivity contribution is 0.260. The SMILES string of the molecule is CC(C)(C)C(C#N)NCCO. The van der Waals surface area contributed by atoms with Crippen LogP contribution >= 0.6 is 0 Å². The van der Waals surface area contributed by atoms with E-state index in [1.54, 1.807) is 0 Å². The molecule has 0 spiro atoms. The predicted octanol–water partition coefficient (Wildman–Crippen LogP) is 0.507. The number of nitriles is 1. The van der Waals surface area contributed by atoms with Crippen LogP contribution < -0.4 is 5.32 Å². The summed E-state index contributed by atoms with van der Waals surface area (Å²) >= 11 is 0. The molecule has 0 heterocycles. The summed E-state index contributed by atoms with van der Waals surface area (Å²) in [6.07, 6.45) is 0. The first-order valence-electron chi connectivity index (χ1n) is 3.76. The van der Waals surface area contributed by atoms with Crippen LogP contribution in [0.3, 0.4) is 0 Å². The van der Waals surface area contributed by atoms with Crippen LogP contribution in [-0.4, -0.2) is 24.3 Å². The Morgan fingerprint density at radius 1 is 1.55 bits per heavy atom. The molecule has 0 aliphatic heterocycles. The third-order valence-electron chi connectivity index (χ3n) is 1.46. The van der Waals surface area contributed by atoms with Gasteiger partial charge in [0.1, 0.15) is 6.04 Å². The Hall–Kier alpha value is -0.590. The van der Waals surface area contributed by atoms with Crippen LogP contribution in [0.15, 0.2) is 0 Å². The molecule has 0 aromatic rings. The van der Waals surface area contributed by atoms with Gasteiger partial charge < -0.3 is 5.11 Å². The van der Waals surface area contributed by atoms with E-state index in [1.165, 1.54) is 0 Å². The molecule has 0 radical (unpaired) electrons. The van der Waals surface area contributed by atoms with Gasteiger partial charge >= 0.3 is 0 Å². The van der Waals surface area contributed by atoms with E-state index in [-0.39, 0.29) is 18.1 Å². The molecule has 0 bridgehead atoms. The van der Waals surface area contributed by atoms with Gasteiger partial charge in [-0.25, -0.2) is 0 Å². The number of rotatable bonds is 3. The first-order valence-corrected chi connectivity index (χ1v) is 3.76. The molecule has 3 nitrogen and oxygen atoms in total. The minimum atomic E-state index is -0.186. The Labute approximate surface area is 68.0 Å². The van der Waals surface area contributed by atoms with Crippen molar-refractivity contribution in [1.29, 1.82) is 5.26 Å². The van der Waals surface area contributed by atoms with Gasteiger partial charge in [0.15, 0.2) is 0 Å². The Morgan fingerprint density at radius 2 is 2.09 bits per heavy atom. The van der Waals surface area contributed by atoms with Gasteiger partial charge in [-0.05, 0) is 5.41 Å². The van der Waals surface area contributed by atoms with Crippen LogP contribution in [0.25, 0.3) is 0 Å². The molecule has 0 fully saturated rings. The van der Waals surface area contributed by atoms with Crippen LogP contribution in [0.4, 0.5) is 0 Å². The van der Waals surface area contributed by atoms with Gasteiger partial charge in [-0.15, -0.1) is 0 Å². The van der Waals surface area contributed by atoms with Crippen LogP contribution in [0.5, 0.6) is 0 Å². The van der Waals surface area contributed by atoms with Crippen LogP contribution in [0.2, 0.25) is 0 Å². The van der Waals surface area contributed by atoms with Crippen molar-refractivity contribution < 1.29 is 5.11 Å². The maximum absolute atomic E-state index is 8.69. The summed E-state index contributed by atoms with van der Waals surface area (Å²) < 4.78 is 0. The second kappa shape index (κ2) is 4.32. The van der Waals surface area contributed by atoms with Crippen LogP contribution in [0.1, 0.15) is 20.8 Å². The molecule has 0 amide bonds. The molecule has 0 saturated heterocycles.